The number of rotatable bonds is 7. The van der Waals surface area contributed by atoms with Gasteiger partial charge in [0.1, 0.15) is 0 Å². The summed E-state index contributed by atoms with van der Waals surface area (Å²) in [5.41, 5.74) is 4.59. The molecule has 1 N–H and O–H groups in total. The number of anilines is 1. The maximum Gasteiger partial charge on any atom is 0.306 e. The second-order valence-corrected chi connectivity index (χ2v) is 6.46. The zero-order valence-electron chi connectivity index (χ0n) is 16.1. The summed E-state index contributed by atoms with van der Waals surface area (Å²) in [4.78, 5) is 24.3. The van der Waals surface area contributed by atoms with Gasteiger partial charge in [0, 0.05) is 13.5 Å². The maximum atomic E-state index is 12.3. The molecule has 6 nitrogen and oxygen atoms in total. The largest absolute Gasteiger partial charge is 0.453 e. The van der Waals surface area contributed by atoms with Crippen molar-refractivity contribution in [1.82, 2.24) is 9.78 Å². The number of carbonyl (C=O) groups is 2. The number of ether oxygens (including phenoxy) is 1. The topological polar surface area (TPSA) is 73.2 Å². The number of nitrogens with zero attached hydrogens (tertiary/aromatic N) is 2. The summed E-state index contributed by atoms with van der Waals surface area (Å²) in [5, 5.41) is 7.04. The molecule has 0 fully saturated rings. The predicted octanol–water partition coefficient (Wildman–Crippen LogP) is 3.10. The summed E-state index contributed by atoms with van der Waals surface area (Å²) in [6.45, 7) is 7.37. The molecule has 1 amide bonds. The minimum absolute atomic E-state index is 0.244. The van der Waals surface area contributed by atoms with Crippen LogP contribution in [0.5, 0.6) is 0 Å². The van der Waals surface area contributed by atoms with Crippen molar-refractivity contribution in [2.75, 3.05) is 5.32 Å². The number of hydrogen-bond donors (Lipinski definition) is 1. The average molecular weight is 357 g/mol. The van der Waals surface area contributed by atoms with E-state index in [-0.39, 0.29) is 18.3 Å². The maximum absolute atomic E-state index is 12.3. The SMILES string of the molecule is CCc1ccc(CCC(=O)O[C@@H](C)C(=O)Nc2c(C)nn(C)c2C)cc1. The number of benzene rings is 1. The molecule has 1 aromatic carbocycles. The molecule has 0 aliphatic heterocycles. The molecule has 6 heteroatoms. The zero-order chi connectivity index (χ0) is 19.3. The number of aryl methyl sites for hydroxylation is 4. The van der Waals surface area contributed by atoms with Crippen LogP contribution in [0.25, 0.3) is 0 Å². The number of aromatic nitrogens is 2. The highest BCUT2D eigenvalue weighted by Crippen LogP contribution is 2.18. The van der Waals surface area contributed by atoms with Crippen LogP contribution in [0, 0.1) is 13.8 Å². The van der Waals surface area contributed by atoms with Crippen molar-refractivity contribution in [2.24, 2.45) is 7.05 Å². The van der Waals surface area contributed by atoms with E-state index in [0.29, 0.717) is 12.1 Å². The first-order valence-electron chi connectivity index (χ1n) is 8.90. The fraction of sp³-hybridized carbons (Fsp3) is 0.450. The Balaban J connectivity index is 1.84. The summed E-state index contributed by atoms with van der Waals surface area (Å²) in [6, 6.07) is 8.18. The lowest BCUT2D eigenvalue weighted by Gasteiger charge is -2.14. The van der Waals surface area contributed by atoms with E-state index in [0.717, 1.165) is 23.4 Å². The van der Waals surface area contributed by atoms with Crippen molar-refractivity contribution in [3.63, 3.8) is 0 Å². The van der Waals surface area contributed by atoms with Crippen molar-refractivity contribution < 1.29 is 14.3 Å². The van der Waals surface area contributed by atoms with Crippen LogP contribution in [0.15, 0.2) is 24.3 Å². The second-order valence-electron chi connectivity index (χ2n) is 6.46. The highest BCUT2D eigenvalue weighted by molar-refractivity contribution is 5.96. The summed E-state index contributed by atoms with van der Waals surface area (Å²) >= 11 is 0. The van der Waals surface area contributed by atoms with Gasteiger partial charge >= 0.3 is 5.97 Å². The van der Waals surface area contributed by atoms with E-state index in [1.54, 1.807) is 11.6 Å². The van der Waals surface area contributed by atoms with Crippen LogP contribution in [0.4, 0.5) is 5.69 Å². The van der Waals surface area contributed by atoms with E-state index < -0.39 is 6.10 Å². The van der Waals surface area contributed by atoms with Gasteiger partial charge in [0.2, 0.25) is 0 Å². The number of amides is 1. The van der Waals surface area contributed by atoms with Gasteiger partial charge in [0.15, 0.2) is 6.10 Å². The van der Waals surface area contributed by atoms with Crippen molar-refractivity contribution in [2.45, 2.75) is 53.1 Å². The minimum atomic E-state index is -0.857. The zero-order valence-corrected chi connectivity index (χ0v) is 16.1. The standard InChI is InChI=1S/C20H27N3O3/c1-6-16-7-9-17(10-8-16)11-12-18(24)26-15(4)20(25)21-19-13(2)22-23(5)14(19)3/h7-10,15H,6,11-12H2,1-5H3,(H,21,25)/t15-/m0/s1. The van der Waals surface area contributed by atoms with E-state index in [1.165, 1.54) is 5.56 Å². The lowest BCUT2D eigenvalue weighted by molar-refractivity contribution is -0.153. The second kappa shape index (κ2) is 8.65. The van der Waals surface area contributed by atoms with Crippen LogP contribution in [0.2, 0.25) is 0 Å². The molecule has 1 aromatic heterocycles. The van der Waals surface area contributed by atoms with Gasteiger partial charge in [-0.05, 0) is 44.7 Å². The number of nitrogens with one attached hydrogen (secondary N) is 1. The number of hydrogen-bond acceptors (Lipinski definition) is 4. The normalized spacial score (nSPS) is 11.9. The Morgan fingerprint density at radius 3 is 2.35 bits per heavy atom. The molecular weight excluding hydrogens is 330 g/mol. The molecule has 0 saturated heterocycles. The van der Waals surface area contributed by atoms with Gasteiger partial charge in [-0.15, -0.1) is 0 Å². The van der Waals surface area contributed by atoms with E-state index in [1.807, 2.05) is 33.0 Å². The van der Waals surface area contributed by atoms with Crippen LogP contribution >= 0.6 is 0 Å². The third kappa shape index (κ3) is 4.94. The van der Waals surface area contributed by atoms with Crippen molar-refractivity contribution >= 4 is 17.6 Å². The lowest BCUT2D eigenvalue weighted by atomic mass is 10.1. The van der Waals surface area contributed by atoms with Crippen LogP contribution in [0.1, 0.15) is 42.8 Å². The summed E-state index contributed by atoms with van der Waals surface area (Å²) in [7, 11) is 1.81. The molecule has 0 saturated carbocycles. The Labute approximate surface area is 154 Å². The van der Waals surface area contributed by atoms with Gasteiger partial charge in [0.05, 0.1) is 17.1 Å². The Hall–Kier alpha value is -2.63. The highest BCUT2D eigenvalue weighted by Gasteiger charge is 2.20. The third-order valence-electron chi connectivity index (χ3n) is 4.48. The van der Waals surface area contributed by atoms with E-state index in [4.69, 9.17) is 4.74 Å². The van der Waals surface area contributed by atoms with Gasteiger partial charge in [-0.3, -0.25) is 14.3 Å². The molecule has 140 valence electrons. The molecular formula is C20H27N3O3. The van der Waals surface area contributed by atoms with E-state index >= 15 is 0 Å². The first-order valence-corrected chi connectivity index (χ1v) is 8.90. The molecule has 2 rings (SSSR count). The quantitative estimate of drug-likeness (QED) is 0.773. The molecule has 0 unspecified atom stereocenters. The first-order chi connectivity index (χ1) is 12.3. The molecule has 0 spiro atoms. The summed E-state index contributed by atoms with van der Waals surface area (Å²) in [6.07, 6.45) is 0.973. The highest BCUT2D eigenvalue weighted by atomic mass is 16.5. The lowest BCUT2D eigenvalue weighted by Crippen LogP contribution is -2.30. The van der Waals surface area contributed by atoms with Gasteiger partial charge in [0.25, 0.3) is 5.91 Å². The molecule has 26 heavy (non-hydrogen) atoms. The monoisotopic (exact) mass is 357 g/mol. The van der Waals surface area contributed by atoms with Crippen LogP contribution in [-0.4, -0.2) is 27.8 Å². The fourth-order valence-electron chi connectivity index (χ4n) is 2.68. The first kappa shape index (κ1) is 19.7. The Kier molecular flexibility index (Phi) is 6.55. The number of carbonyl (C=O) groups excluding carboxylic acids is 2. The molecule has 1 atom stereocenters. The average Bonchev–Trinajstić information content (AvgIpc) is 2.86. The fourth-order valence-corrected chi connectivity index (χ4v) is 2.68. The van der Waals surface area contributed by atoms with Gasteiger partial charge in [-0.25, -0.2) is 0 Å². The van der Waals surface area contributed by atoms with E-state index in [9.17, 15) is 9.59 Å². The summed E-state index contributed by atoms with van der Waals surface area (Å²) in [5.74, 6) is -0.739. The van der Waals surface area contributed by atoms with Crippen LogP contribution in [-0.2, 0) is 34.2 Å². The molecule has 0 bridgehead atoms. The molecule has 1 heterocycles. The summed E-state index contributed by atoms with van der Waals surface area (Å²) < 4.78 is 6.96. The van der Waals surface area contributed by atoms with Crippen LogP contribution in [0.3, 0.4) is 0 Å². The van der Waals surface area contributed by atoms with Crippen molar-refractivity contribution in [1.29, 1.82) is 0 Å². The van der Waals surface area contributed by atoms with E-state index in [2.05, 4.69) is 29.5 Å². The molecule has 0 radical (unpaired) electrons. The Bertz CT molecular complexity index is 778. The third-order valence-corrected chi connectivity index (χ3v) is 4.48. The Morgan fingerprint density at radius 1 is 1.19 bits per heavy atom. The van der Waals surface area contributed by atoms with Crippen LogP contribution < -0.4 is 5.32 Å². The Morgan fingerprint density at radius 2 is 1.81 bits per heavy atom. The number of esters is 1. The van der Waals surface area contributed by atoms with Crippen molar-refractivity contribution in [3.8, 4) is 0 Å². The van der Waals surface area contributed by atoms with Gasteiger partial charge in [-0.1, -0.05) is 31.2 Å². The predicted molar refractivity (Wildman–Crippen MR) is 101 cm³/mol. The van der Waals surface area contributed by atoms with Gasteiger partial charge < -0.3 is 10.1 Å². The van der Waals surface area contributed by atoms with Crippen molar-refractivity contribution in [3.05, 3.63) is 46.8 Å². The molecule has 0 aliphatic carbocycles. The van der Waals surface area contributed by atoms with Gasteiger partial charge in [-0.2, -0.15) is 5.10 Å². The smallest absolute Gasteiger partial charge is 0.306 e. The minimum Gasteiger partial charge on any atom is -0.453 e. The molecule has 0 aliphatic rings. The molecule has 2 aromatic rings.